The fourth-order valence-electron chi connectivity index (χ4n) is 2.61. The first kappa shape index (κ1) is 23.3. The Labute approximate surface area is 174 Å². The molecular formula is C20H28N4O6. The highest BCUT2D eigenvalue weighted by Gasteiger charge is 2.14. The highest BCUT2D eigenvalue weighted by atomic mass is 16.6. The lowest BCUT2D eigenvalue weighted by Crippen LogP contribution is -2.41. The predicted molar refractivity (Wildman–Crippen MR) is 108 cm³/mol. The van der Waals surface area contributed by atoms with Crippen LogP contribution in [0.4, 0.5) is 0 Å². The molecule has 0 saturated carbocycles. The van der Waals surface area contributed by atoms with E-state index in [1.165, 1.54) is 12.3 Å². The third-order valence-corrected chi connectivity index (χ3v) is 4.36. The van der Waals surface area contributed by atoms with Gasteiger partial charge in [-0.05, 0) is 40.1 Å². The minimum absolute atomic E-state index is 0.00638. The maximum atomic E-state index is 12.3. The van der Waals surface area contributed by atoms with E-state index >= 15 is 0 Å². The zero-order valence-corrected chi connectivity index (χ0v) is 17.8. The second-order valence-corrected chi connectivity index (χ2v) is 6.93. The number of hydrogen-bond acceptors (Lipinski definition) is 9. The number of aromatic nitrogens is 1. The molecule has 2 heterocycles. The first-order valence-corrected chi connectivity index (χ1v) is 9.64. The van der Waals surface area contributed by atoms with Gasteiger partial charge in [-0.15, -0.1) is 0 Å². The summed E-state index contributed by atoms with van der Waals surface area (Å²) in [7, 11) is 3.93. The average molecular weight is 420 g/mol. The third-order valence-electron chi connectivity index (χ3n) is 4.36. The number of carbonyl (C=O) groups excluding carboxylic acids is 2. The number of nitrogens with one attached hydrogen (secondary N) is 1. The van der Waals surface area contributed by atoms with Gasteiger partial charge in [-0.1, -0.05) is 0 Å². The van der Waals surface area contributed by atoms with Crippen LogP contribution in [0.3, 0.4) is 0 Å². The van der Waals surface area contributed by atoms with Crippen molar-refractivity contribution in [2.24, 2.45) is 0 Å². The fourth-order valence-corrected chi connectivity index (χ4v) is 2.61. The van der Waals surface area contributed by atoms with Gasteiger partial charge in [0.15, 0.2) is 18.1 Å². The Balaban J connectivity index is 1.84. The Morgan fingerprint density at radius 3 is 2.63 bits per heavy atom. The Morgan fingerprint density at radius 1 is 1.23 bits per heavy atom. The molecule has 30 heavy (non-hydrogen) atoms. The molecule has 1 amide bonds. The lowest BCUT2D eigenvalue weighted by atomic mass is 10.2. The van der Waals surface area contributed by atoms with Gasteiger partial charge in [0.2, 0.25) is 5.91 Å². The van der Waals surface area contributed by atoms with Crippen molar-refractivity contribution in [3.05, 3.63) is 51.7 Å². The summed E-state index contributed by atoms with van der Waals surface area (Å²) in [5.41, 5.74) is 0.900. The van der Waals surface area contributed by atoms with E-state index in [2.05, 4.69) is 10.3 Å². The van der Waals surface area contributed by atoms with E-state index in [4.69, 9.17) is 13.6 Å². The second kappa shape index (κ2) is 11.3. The van der Waals surface area contributed by atoms with Crippen LogP contribution in [0.5, 0.6) is 0 Å². The standard InChI is InChI=1S/C20H28N4O6/c1-5-24(9-8-23(3)4)18(25)12-21-11-16-10-15(6-7-22-16)19(26)28-13-17-14(2)29-20(27)30-17/h6-7,10,21H,5,8-9,11-13H2,1-4H3. The van der Waals surface area contributed by atoms with Gasteiger partial charge in [0.1, 0.15) is 0 Å². The van der Waals surface area contributed by atoms with E-state index in [0.29, 0.717) is 30.9 Å². The maximum absolute atomic E-state index is 12.3. The van der Waals surface area contributed by atoms with Crippen LogP contribution in [0, 0.1) is 6.92 Å². The Morgan fingerprint density at radius 2 is 2.00 bits per heavy atom. The molecule has 1 N–H and O–H groups in total. The highest BCUT2D eigenvalue weighted by Crippen LogP contribution is 2.10. The van der Waals surface area contributed by atoms with E-state index in [-0.39, 0.29) is 30.6 Å². The number of likely N-dealkylation sites (N-methyl/N-ethyl adjacent to an activating group) is 2. The predicted octanol–water partition coefficient (Wildman–Crippen LogP) is 0.793. The van der Waals surface area contributed by atoms with Crippen molar-refractivity contribution in [2.75, 3.05) is 40.3 Å². The van der Waals surface area contributed by atoms with E-state index in [9.17, 15) is 14.4 Å². The number of ether oxygens (including phenoxy) is 1. The van der Waals surface area contributed by atoms with Gasteiger partial charge in [-0.25, -0.2) is 9.59 Å². The van der Waals surface area contributed by atoms with Gasteiger partial charge in [-0.3, -0.25) is 9.78 Å². The molecule has 0 aliphatic carbocycles. The number of nitrogens with zero attached hydrogens (tertiary/aromatic N) is 3. The van der Waals surface area contributed by atoms with Crippen LogP contribution in [0.1, 0.15) is 34.5 Å². The molecule has 0 bridgehead atoms. The Kier molecular flexibility index (Phi) is 8.75. The lowest BCUT2D eigenvalue weighted by Gasteiger charge is -2.23. The fraction of sp³-hybridized carbons (Fsp3) is 0.500. The van der Waals surface area contributed by atoms with Crippen molar-refractivity contribution in [1.82, 2.24) is 20.1 Å². The van der Waals surface area contributed by atoms with Crippen LogP contribution >= 0.6 is 0 Å². The molecule has 0 aliphatic rings. The second-order valence-electron chi connectivity index (χ2n) is 6.93. The molecule has 10 nitrogen and oxygen atoms in total. The molecule has 0 aliphatic heterocycles. The van der Waals surface area contributed by atoms with Crippen molar-refractivity contribution in [3.8, 4) is 0 Å². The number of amides is 1. The number of hydrogen-bond donors (Lipinski definition) is 1. The molecule has 0 unspecified atom stereocenters. The minimum Gasteiger partial charge on any atom is -0.454 e. The van der Waals surface area contributed by atoms with Crippen molar-refractivity contribution in [3.63, 3.8) is 0 Å². The number of pyridine rings is 1. The van der Waals surface area contributed by atoms with Crippen LogP contribution < -0.4 is 11.1 Å². The number of esters is 1. The average Bonchev–Trinajstić information content (AvgIpc) is 3.03. The van der Waals surface area contributed by atoms with Gasteiger partial charge in [-0.2, -0.15) is 0 Å². The molecule has 164 valence electrons. The molecular weight excluding hydrogens is 392 g/mol. The maximum Gasteiger partial charge on any atom is 0.519 e. The zero-order chi connectivity index (χ0) is 22.1. The van der Waals surface area contributed by atoms with Gasteiger partial charge in [0, 0.05) is 32.4 Å². The smallest absolute Gasteiger partial charge is 0.454 e. The third kappa shape index (κ3) is 7.12. The molecule has 2 aromatic rings. The number of aryl methyl sites for hydroxylation is 1. The first-order valence-electron chi connectivity index (χ1n) is 9.64. The van der Waals surface area contributed by atoms with Gasteiger partial charge >= 0.3 is 11.8 Å². The number of rotatable bonds is 11. The van der Waals surface area contributed by atoms with Crippen molar-refractivity contribution in [2.45, 2.75) is 27.0 Å². The Hall–Kier alpha value is -2.98. The quantitative estimate of drug-likeness (QED) is 0.526. The van der Waals surface area contributed by atoms with Gasteiger partial charge < -0.3 is 28.7 Å². The Bertz CT molecular complexity index is 905. The largest absolute Gasteiger partial charge is 0.519 e. The SMILES string of the molecule is CCN(CCN(C)C)C(=O)CNCc1cc(C(=O)OCc2oc(=O)oc2C)ccn1. The molecule has 10 heteroatoms. The van der Waals surface area contributed by atoms with Crippen LogP contribution in [-0.4, -0.2) is 66.9 Å². The first-order chi connectivity index (χ1) is 14.3. The van der Waals surface area contributed by atoms with Gasteiger partial charge in [0.25, 0.3) is 0 Å². The number of carbonyl (C=O) groups is 2. The minimum atomic E-state index is -0.839. The summed E-state index contributed by atoms with van der Waals surface area (Å²) in [4.78, 5) is 43.6. The summed E-state index contributed by atoms with van der Waals surface area (Å²) in [6.45, 7) is 5.90. The summed E-state index contributed by atoms with van der Waals surface area (Å²) >= 11 is 0. The summed E-state index contributed by atoms with van der Waals surface area (Å²) < 4.78 is 14.7. The van der Waals surface area contributed by atoms with E-state index in [1.54, 1.807) is 17.9 Å². The van der Waals surface area contributed by atoms with Crippen LogP contribution in [0.25, 0.3) is 0 Å². The van der Waals surface area contributed by atoms with Gasteiger partial charge in [0.05, 0.1) is 17.8 Å². The molecule has 0 aromatic carbocycles. The summed E-state index contributed by atoms with van der Waals surface area (Å²) in [6.07, 6.45) is 1.49. The summed E-state index contributed by atoms with van der Waals surface area (Å²) in [5, 5.41) is 3.06. The molecule has 0 saturated heterocycles. The van der Waals surface area contributed by atoms with Crippen molar-refractivity contribution >= 4 is 11.9 Å². The topological polar surface area (TPSA) is 118 Å². The van der Waals surface area contributed by atoms with Crippen molar-refractivity contribution < 1.29 is 23.2 Å². The van der Waals surface area contributed by atoms with Crippen LogP contribution in [-0.2, 0) is 22.7 Å². The zero-order valence-electron chi connectivity index (χ0n) is 17.8. The van der Waals surface area contributed by atoms with E-state index in [1.807, 2.05) is 25.9 Å². The van der Waals surface area contributed by atoms with Crippen LogP contribution in [0.2, 0.25) is 0 Å². The summed E-state index contributed by atoms with van der Waals surface area (Å²) in [6, 6.07) is 3.11. The highest BCUT2D eigenvalue weighted by molar-refractivity contribution is 5.89. The van der Waals surface area contributed by atoms with Crippen molar-refractivity contribution in [1.29, 1.82) is 0 Å². The summed E-state index contributed by atoms with van der Waals surface area (Å²) in [5.74, 6) is -0.985. The van der Waals surface area contributed by atoms with E-state index < -0.39 is 11.8 Å². The van der Waals surface area contributed by atoms with E-state index in [0.717, 1.165) is 6.54 Å². The lowest BCUT2D eigenvalue weighted by molar-refractivity contribution is -0.130. The molecule has 0 fully saturated rings. The molecule has 0 spiro atoms. The molecule has 2 rings (SSSR count). The molecule has 0 radical (unpaired) electrons. The normalized spacial score (nSPS) is 11.0. The van der Waals surface area contributed by atoms with Crippen LogP contribution in [0.15, 0.2) is 32.0 Å². The molecule has 2 aromatic heterocycles. The molecule has 0 atom stereocenters. The monoisotopic (exact) mass is 420 g/mol.